The average molecular weight is 564 g/mol. The number of carbonyl (C=O) groups excluding carboxylic acids is 1. The predicted molar refractivity (Wildman–Crippen MR) is 146 cm³/mol. The number of ether oxygens (including phenoxy) is 2. The van der Waals surface area contributed by atoms with Gasteiger partial charge in [0.2, 0.25) is 0 Å². The Kier molecular flexibility index (Phi) is 9.93. The van der Waals surface area contributed by atoms with Crippen molar-refractivity contribution in [3.05, 3.63) is 63.5 Å². The molecular weight excluding hydrogens is 533 g/mol. The summed E-state index contributed by atoms with van der Waals surface area (Å²) in [6.45, 7) is 6.04. The average Bonchev–Trinajstić information content (AvgIpc) is 3.23. The first kappa shape index (κ1) is 29.2. The molecule has 0 saturated heterocycles. The van der Waals surface area contributed by atoms with Crippen LogP contribution in [0, 0.1) is 5.82 Å². The minimum atomic E-state index is -0.998. The van der Waals surface area contributed by atoms with Gasteiger partial charge in [-0.25, -0.2) is 14.2 Å². The summed E-state index contributed by atoms with van der Waals surface area (Å²) >= 11 is 7.51. The van der Waals surface area contributed by atoms with Crippen LogP contribution in [-0.4, -0.2) is 52.4 Å². The Morgan fingerprint density at radius 2 is 1.87 bits per heavy atom. The highest BCUT2D eigenvalue weighted by Gasteiger charge is 2.22. The molecule has 8 nitrogen and oxygen atoms in total. The fraction of sp³-hybridized carbons (Fsp3) is 0.370. The molecule has 38 heavy (non-hydrogen) atoms. The highest BCUT2D eigenvalue weighted by atomic mass is 35.5. The van der Waals surface area contributed by atoms with E-state index in [4.69, 9.17) is 31.2 Å². The number of carbonyl (C=O) groups is 2. The van der Waals surface area contributed by atoms with Gasteiger partial charge >= 0.3 is 12.1 Å². The van der Waals surface area contributed by atoms with Crippen LogP contribution in [0.1, 0.15) is 33.6 Å². The van der Waals surface area contributed by atoms with Crippen molar-refractivity contribution in [3.63, 3.8) is 0 Å². The molecule has 0 unspecified atom stereocenters. The highest BCUT2D eigenvalue weighted by molar-refractivity contribution is 7.07. The van der Waals surface area contributed by atoms with Crippen molar-refractivity contribution in [1.82, 2.24) is 9.47 Å². The number of carboxylic acid groups (broad SMARTS) is 1. The molecule has 11 heteroatoms. The van der Waals surface area contributed by atoms with Gasteiger partial charge in [-0.3, -0.25) is 4.79 Å². The molecule has 0 atom stereocenters. The lowest BCUT2D eigenvalue weighted by atomic mass is 10.1. The molecule has 1 amide bonds. The van der Waals surface area contributed by atoms with E-state index in [2.05, 4.69) is 0 Å². The van der Waals surface area contributed by atoms with Crippen molar-refractivity contribution in [2.24, 2.45) is 4.99 Å². The number of hydrogen-bond donors (Lipinski definition) is 1. The van der Waals surface area contributed by atoms with Gasteiger partial charge in [0.05, 0.1) is 19.2 Å². The first-order chi connectivity index (χ1) is 18.0. The fourth-order valence-corrected chi connectivity index (χ4v) is 4.71. The quantitative estimate of drug-likeness (QED) is 0.310. The number of amides is 1. The molecule has 0 aliphatic heterocycles. The minimum absolute atomic E-state index is 0.0303. The van der Waals surface area contributed by atoms with E-state index in [1.807, 2.05) is 9.95 Å². The molecular formula is C27H31ClFN3O5S. The van der Waals surface area contributed by atoms with Crippen molar-refractivity contribution in [3.8, 4) is 17.0 Å². The second kappa shape index (κ2) is 12.9. The summed E-state index contributed by atoms with van der Waals surface area (Å²) in [7, 11) is 1.54. The standard InChI is InChI=1S/C27H31ClFN3O5S/c1-27(2,3)37-26(35)31(15-12-24(33)34)13-5-14-32-22(18-6-9-20(29)10-7-18)17-38-25(32)30-21-11-8-19(28)16-23(21)36-4/h6-11,16-17H,5,12-15H2,1-4H3,(H,33,34)/b30-25+. The molecule has 0 spiro atoms. The zero-order valence-corrected chi connectivity index (χ0v) is 23.3. The third kappa shape index (κ3) is 8.32. The van der Waals surface area contributed by atoms with Crippen LogP contribution in [0.15, 0.2) is 52.8 Å². The minimum Gasteiger partial charge on any atom is -0.494 e. The molecule has 204 valence electrons. The van der Waals surface area contributed by atoms with Gasteiger partial charge in [-0.15, -0.1) is 11.3 Å². The van der Waals surface area contributed by atoms with E-state index in [0.29, 0.717) is 34.2 Å². The summed E-state index contributed by atoms with van der Waals surface area (Å²) in [6, 6.07) is 11.3. The second-order valence-corrected chi connectivity index (χ2v) is 10.7. The van der Waals surface area contributed by atoms with E-state index < -0.39 is 17.7 Å². The molecule has 3 aromatic rings. The molecule has 1 heterocycles. The maximum atomic E-state index is 13.6. The van der Waals surface area contributed by atoms with E-state index in [1.165, 1.54) is 28.4 Å². The Bertz CT molecular complexity index is 1330. The first-order valence-electron chi connectivity index (χ1n) is 12.0. The molecule has 0 saturated carbocycles. The van der Waals surface area contributed by atoms with Crippen LogP contribution in [0.25, 0.3) is 11.3 Å². The lowest BCUT2D eigenvalue weighted by molar-refractivity contribution is -0.137. The zero-order valence-electron chi connectivity index (χ0n) is 21.7. The summed E-state index contributed by atoms with van der Waals surface area (Å²) in [5.74, 6) is -0.814. The number of rotatable bonds is 10. The molecule has 0 fully saturated rings. The topological polar surface area (TPSA) is 93.4 Å². The van der Waals surface area contributed by atoms with Crippen molar-refractivity contribution < 1.29 is 28.6 Å². The Morgan fingerprint density at radius 1 is 1.16 bits per heavy atom. The monoisotopic (exact) mass is 563 g/mol. The Balaban J connectivity index is 1.93. The Hall–Kier alpha value is -3.37. The molecule has 3 rings (SSSR count). The molecule has 0 bridgehead atoms. The van der Waals surface area contributed by atoms with Crippen LogP contribution < -0.4 is 9.54 Å². The largest absolute Gasteiger partial charge is 0.494 e. The zero-order chi connectivity index (χ0) is 27.9. The van der Waals surface area contributed by atoms with Gasteiger partial charge in [-0.1, -0.05) is 11.6 Å². The lowest BCUT2D eigenvalue weighted by Crippen LogP contribution is -2.39. The number of carboxylic acids is 1. The SMILES string of the molecule is COc1cc(Cl)ccc1/N=c1/scc(-c2ccc(F)cc2)n1CCCN(CCC(=O)O)C(=O)OC(C)(C)C. The van der Waals surface area contributed by atoms with Crippen LogP contribution in [-0.2, 0) is 16.1 Å². The Labute approximate surface area is 229 Å². The van der Waals surface area contributed by atoms with Crippen molar-refractivity contribution in [2.75, 3.05) is 20.2 Å². The highest BCUT2D eigenvalue weighted by Crippen LogP contribution is 2.30. The molecule has 0 radical (unpaired) electrons. The van der Waals surface area contributed by atoms with Gasteiger partial charge < -0.3 is 24.0 Å². The van der Waals surface area contributed by atoms with Gasteiger partial charge in [0.25, 0.3) is 0 Å². The molecule has 0 aliphatic carbocycles. The van der Waals surface area contributed by atoms with Crippen LogP contribution >= 0.6 is 22.9 Å². The third-order valence-electron chi connectivity index (χ3n) is 5.35. The maximum absolute atomic E-state index is 13.6. The van der Waals surface area contributed by atoms with E-state index in [1.54, 1.807) is 58.2 Å². The van der Waals surface area contributed by atoms with Gasteiger partial charge in [-0.2, -0.15) is 0 Å². The molecule has 1 aromatic heterocycles. The van der Waals surface area contributed by atoms with Crippen LogP contribution in [0.3, 0.4) is 0 Å². The number of halogens is 2. The summed E-state index contributed by atoms with van der Waals surface area (Å²) < 4.78 is 26.5. The second-order valence-electron chi connectivity index (χ2n) is 9.45. The summed E-state index contributed by atoms with van der Waals surface area (Å²) in [5, 5.41) is 11.6. The molecule has 1 N–H and O–H groups in total. The maximum Gasteiger partial charge on any atom is 0.410 e. The summed E-state index contributed by atoms with van der Waals surface area (Å²) in [6.07, 6.45) is -0.263. The number of aliphatic carboxylic acids is 1. The van der Waals surface area contributed by atoms with Gasteiger partial charge in [0, 0.05) is 36.1 Å². The van der Waals surface area contributed by atoms with Gasteiger partial charge in [0.15, 0.2) is 4.80 Å². The predicted octanol–water partition coefficient (Wildman–Crippen LogP) is 6.35. The van der Waals surface area contributed by atoms with Crippen LogP contribution in [0.5, 0.6) is 5.75 Å². The number of methoxy groups -OCH3 is 1. The van der Waals surface area contributed by atoms with Crippen LogP contribution in [0.2, 0.25) is 5.02 Å². The summed E-state index contributed by atoms with van der Waals surface area (Å²) in [5.41, 5.74) is 1.52. The first-order valence-corrected chi connectivity index (χ1v) is 13.2. The third-order valence-corrected chi connectivity index (χ3v) is 6.45. The van der Waals surface area contributed by atoms with E-state index >= 15 is 0 Å². The molecule has 0 aliphatic rings. The molecule has 2 aromatic carbocycles. The number of nitrogens with zero attached hydrogens (tertiary/aromatic N) is 3. The van der Waals surface area contributed by atoms with Crippen LogP contribution in [0.4, 0.5) is 14.9 Å². The number of hydrogen-bond acceptors (Lipinski definition) is 6. The number of benzene rings is 2. The Morgan fingerprint density at radius 3 is 2.50 bits per heavy atom. The van der Waals surface area contributed by atoms with Crippen molar-refractivity contribution in [1.29, 1.82) is 0 Å². The van der Waals surface area contributed by atoms with E-state index in [0.717, 1.165) is 11.3 Å². The normalized spacial score (nSPS) is 11.9. The van der Waals surface area contributed by atoms with E-state index in [-0.39, 0.29) is 25.3 Å². The number of thiazole rings is 1. The lowest BCUT2D eigenvalue weighted by Gasteiger charge is -2.27. The number of aromatic nitrogens is 1. The smallest absolute Gasteiger partial charge is 0.410 e. The van der Waals surface area contributed by atoms with Crippen molar-refractivity contribution >= 4 is 40.7 Å². The summed E-state index contributed by atoms with van der Waals surface area (Å²) in [4.78, 5) is 30.7. The van der Waals surface area contributed by atoms with Gasteiger partial charge in [-0.05, 0) is 69.2 Å². The van der Waals surface area contributed by atoms with Crippen molar-refractivity contribution in [2.45, 2.75) is 45.8 Å². The van der Waals surface area contributed by atoms with Gasteiger partial charge in [0.1, 0.15) is 22.9 Å². The fourth-order valence-electron chi connectivity index (χ4n) is 3.60. The van der Waals surface area contributed by atoms with E-state index in [9.17, 15) is 14.0 Å².